The molecule has 0 aliphatic carbocycles. The second kappa shape index (κ2) is 7.61. The van der Waals surface area contributed by atoms with Gasteiger partial charge >= 0.3 is 6.18 Å². The summed E-state index contributed by atoms with van der Waals surface area (Å²) in [7, 11) is 0. The number of fused-ring (bicyclic) bond motifs is 1. The first-order valence-electron chi connectivity index (χ1n) is 8.40. The lowest BCUT2D eigenvalue weighted by molar-refractivity contribution is -0.138. The van der Waals surface area contributed by atoms with Crippen LogP contribution in [0, 0.1) is 0 Å². The average molecular weight is 344 g/mol. The second-order valence-corrected chi connectivity index (χ2v) is 6.39. The van der Waals surface area contributed by atoms with Crippen LogP contribution < -0.4 is 14.8 Å². The lowest BCUT2D eigenvalue weighted by Gasteiger charge is -2.34. The van der Waals surface area contributed by atoms with E-state index in [1.54, 1.807) is 0 Å². The van der Waals surface area contributed by atoms with Crippen molar-refractivity contribution in [1.29, 1.82) is 0 Å². The third kappa shape index (κ3) is 5.01. The maximum Gasteiger partial charge on any atom is 0.390 e. The van der Waals surface area contributed by atoms with E-state index >= 15 is 0 Å². The van der Waals surface area contributed by atoms with Crippen LogP contribution in [0.2, 0.25) is 0 Å². The summed E-state index contributed by atoms with van der Waals surface area (Å²) >= 11 is 0. The van der Waals surface area contributed by atoms with Gasteiger partial charge in [-0.25, -0.2) is 0 Å². The minimum Gasteiger partial charge on any atom is -0.486 e. The molecule has 24 heavy (non-hydrogen) atoms. The van der Waals surface area contributed by atoms with Gasteiger partial charge < -0.3 is 19.7 Å². The monoisotopic (exact) mass is 344 g/mol. The van der Waals surface area contributed by atoms with Gasteiger partial charge in [0, 0.05) is 19.1 Å². The fraction of sp³-hybridized carbons (Fsp3) is 0.647. The van der Waals surface area contributed by atoms with Crippen LogP contribution in [0.25, 0.3) is 0 Å². The molecule has 1 saturated heterocycles. The summed E-state index contributed by atoms with van der Waals surface area (Å²) in [6.45, 7) is 2.71. The van der Waals surface area contributed by atoms with E-state index in [1.807, 2.05) is 29.2 Å². The number of hydrogen-bond acceptors (Lipinski definition) is 4. The highest BCUT2D eigenvalue weighted by Crippen LogP contribution is 2.30. The van der Waals surface area contributed by atoms with Gasteiger partial charge in [0.05, 0.1) is 6.42 Å². The molecule has 0 spiro atoms. The highest BCUT2D eigenvalue weighted by Gasteiger charge is 2.29. The van der Waals surface area contributed by atoms with E-state index in [2.05, 4.69) is 5.32 Å². The van der Waals surface area contributed by atoms with Crippen molar-refractivity contribution in [2.24, 2.45) is 0 Å². The van der Waals surface area contributed by atoms with E-state index in [0.29, 0.717) is 32.3 Å². The highest BCUT2D eigenvalue weighted by molar-refractivity contribution is 5.40. The number of para-hydroxylation sites is 2. The zero-order valence-electron chi connectivity index (χ0n) is 13.5. The number of nitrogens with one attached hydrogen (secondary N) is 1. The zero-order chi connectivity index (χ0) is 17.0. The molecule has 2 heterocycles. The zero-order valence-corrected chi connectivity index (χ0v) is 13.5. The van der Waals surface area contributed by atoms with E-state index in [-0.39, 0.29) is 12.6 Å². The first kappa shape index (κ1) is 17.4. The van der Waals surface area contributed by atoms with Gasteiger partial charge in [0.2, 0.25) is 0 Å². The Balaban J connectivity index is 1.36. The Hall–Kier alpha value is -1.47. The molecule has 1 aromatic carbocycles. The van der Waals surface area contributed by atoms with E-state index in [4.69, 9.17) is 9.47 Å². The number of nitrogens with zero attached hydrogens (tertiary/aromatic N) is 1. The number of alkyl halides is 3. The van der Waals surface area contributed by atoms with Gasteiger partial charge in [-0.1, -0.05) is 12.1 Å². The fourth-order valence-corrected chi connectivity index (χ4v) is 3.11. The molecule has 2 aliphatic heterocycles. The molecule has 1 aromatic rings. The number of likely N-dealkylation sites (tertiary alicyclic amines) is 1. The van der Waals surface area contributed by atoms with E-state index in [1.165, 1.54) is 0 Å². The van der Waals surface area contributed by atoms with E-state index in [9.17, 15) is 13.2 Å². The van der Waals surface area contributed by atoms with Crippen molar-refractivity contribution in [2.45, 2.75) is 37.6 Å². The molecule has 2 aliphatic rings. The average Bonchev–Trinajstić information content (AvgIpc) is 2.58. The normalized spacial score (nSPS) is 22.5. The van der Waals surface area contributed by atoms with Crippen molar-refractivity contribution in [1.82, 2.24) is 10.2 Å². The van der Waals surface area contributed by atoms with Crippen molar-refractivity contribution in [2.75, 3.05) is 32.8 Å². The van der Waals surface area contributed by atoms with Crippen molar-refractivity contribution >= 4 is 0 Å². The van der Waals surface area contributed by atoms with Crippen LogP contribution in [0.1, 0.15) is 19.3 Å². The Kier molecular flexibility index (Phi) is 5.50. The Morgan fingerprint density at radius 1 is 1.12 bits per heavy atom. The summed E-state index contributed by atoms with van der Waals surface area (Å²) in [5.74, 6) is 1.53. The van der Waals surface area contributed by atoms with Gasteiger partial charge in [-0.3, -0.25) is 0 Å². The van der Waals surface area contributed by atoms with Crippen LogP contribution in [0.3, 0.4) is 0 Å². The molecular formula is C17H23F3N2O2. The molecule has 0 bridgehead atoms. The quantitative estimate of drug-likeness (QED) is 0.891. The Labute approximate surface area is 139 Å². The second-order valence-electron chi connectivity index (χ2n) is 6.39. The van der Waals surface area contributed by atoms with Crippen molar-refractivity contribution in [3.8, 4) is 11.5 Å². The lowest BCUT2D eigenvalue weighted by Crippen LogP contribution is -2.47. The predicted octanol–water partition coefficient (Wildman–Crippen LogP) is 2.83. The summed E-state index contributed by atoms with van der Waals surface area (Å²) in [4.78, 5) is 1.89. The SMILES string of the molecule is FC(F)(F)CCN1CCC(NC[C@H]2COc3ccccc3O2)CC1. The van der Waals surface area contributed by atoms with Crippen LogP contribution in [-0.2, 0) is 0 Å². The molecule has 0 amide bonds. The molecule has 134 valence electrons. The Morgan fingerprint density at radius 2 is 1.83 bits per heavy atom. The first-order valence-corrected chi connectivity index (χ1v) is 8.40. The lowest BCUT2D eigenvalue weighted by atomic mass is 10.0. The smallest absolute Gasteiger partial charge is 0.390 e. The molecule has 1 fully saturated rings. The maximum absolute atomic E-state index is 12.3. The van der Waals surface area contributed by atoms with Gasteiger partial charge in [-0.2, -0.15) is 13.2 Å². The highest BCUT2D eigenvalue weighted by atomic mass is 19.4. The summed E-state index contributed by atoms with van der Waals surface area (Å²) in [6, 6.07) is 7.92. The van der Waals surface area contributed by atoms with Gasteiger partial charge in [0.1, 0.15) is 12.7 Å². The van der Waals surface area contributed by atoms with Crippen molar-refractivity contribution in [3.05, 3.63) is 24.3 Å². The van der Waals surface area contributed by atoms with Crippen LogP contribution in [0.5, 0.6) is 11.5 Å². The van der Waals surface area contributed by atoms with Crippen LogP contribution in [-0.4, -0.2) is 56.0 Å². The summed E-state index contributed by atoms with van der Waals surface area (Å²) < 4.78 is 48.3. The number of hydrogen-bond donors (Lipinski definition) is 1. The number of piperidine rings is 1. The maximum atomic E-state index is 12.3. The van der Waals surface area contributed by atoms with Crippen LogP contribution >= 0.6 is 0 Å². The molecule has 4 nitrogen and oxygen atoms in total. The molecule has 0 saturated carbocycles. The largest absolute Gasteiger partial charge is 0.486 e. The molecule has 0 radical (unpaired) electrons. The van der Waals surface area contributed by atoms with E-state index in [0.717, 1.165) is 24.3 Å². The van der Waals surface area contributed by atoms with E-state index < -0.39 is 12.6 Å². The van der Waals surface area contributed by atoms with Crippen molar-refractivity contribution in [3.63, 3.8) is 0 Å². The first-order chi connectivity index (χ1) is 11.5. The number of halogens is 3. The minimum atomic E-state index is -4.07. The number of ether oxygens (including phenoxy) is 2. The van der Waals surface area contributed by atoms with Crippen molar-refractivity contribution < 1.29 is 22.6 Å². The fourth-order valence-electron chi connectivity index (χ4n) is 3.11. The van der Waals surface area contributed by atoms with Crippen LogP contribution in [0.15, 0.2) is 24.3 Å². The molecule has 0 aromatic heterocycles. The van der Waals surface area contributed by atoms with Gasteiger partial charge in [0.15, 0.2) is 11.5 Å². The molecule has 7 heteroatoms. The Morgan fingerprint density at radius 3 is 2.54 bits per heavy atom. The summed E-state index contributed by atoms with van der Waals surface area (Å²) in [5.41, 5.74) is 0. The summed E-state index contributed by atoms with van der Waals surface area (Å²) in [5, 5.41) is 3.46. The number of rotatable bonds is 5. The minimum absolute atomic E-state index is 0.0387. The molecule has 1 N–H and O–H groups in total. The van der Waals surface area contributed by atoms with Gasteiger partial charge in [-0.15, -0.1) is 0 Å². The predicted molar refractivity (Wildman–Crippen MR) is 84.5 cm³/mol. The third-order valence-electron chi connectivity index (χ3n) is 4.50. The standard InChI is InChI=1S/C17H23F3N2O2/c18-17(19,20)7-10-22-8-5-13(6-9-22)21-11-14-12-23-15-3-1-2-4-16(15)24-14/h1-4,13-14,21H,5-12H2/t14-/m0/s1. The Bertz CT molecular complexity index is 531. The van der Waals surface area contributed by atoms with Gasteiger partial charge in [-0.05, 0) is 38.1 Å². The third-order valence-corrected chi connectivity index (χ3v) is 4.50. The number of benzene rings is 1. The topological polar surface area (TPSA) is 33.7 Å². The summed E-state index contributed by atoms with van der Waals surface area (Å²) in [6.07, 6.45) is -3.10. The molecule has 0 unspecified atom stereocenters. The molecular weight excluding hydrogens is 321 g/mol. The molecule has 1 atom stereocenters. The van der Waals surface area contributed by atoms with Crippen LogP contribution in [0.4, 0.5) is 13.2 Å². The van der Waals surface area contributed by atoms with Gasteiger partial charge in [0.25, 0.3) is 0 Å². The molecule has 3 rings (SSSR count).